The molecule has 1 aromatic rings. The minimum Gasteiger partial charge on any atom is -0.368 e. The Labute approximate surface area is 186 Å². The third kappa shape index (κ3) is 4.89. The van der Waals surface area contributed by atoms with E-state index in [1.807, 2.05) is 4.90 Å². The Morgan fingerprint density at radius 3 is 2.34 bits per heavy atom. The van der Waals surface area contributed by atoms with Gasteiger partial charge in [0.15, 0.2) is 0 Å². The summed E-state index contributed by atoms with van der Waals surface area (Å²) in [6.07, 6.45) is -1.35. The second-order valence-corrected chi connectivity index (χ2v) is 10.9. The van der Waals surface area contributed by atoms with E-state index in [0.29, 0.717) is 45.0 Å². The smallest absolute Gasteiger partial charge is 0.368 e. The van der Waals surface area contributed by atoms with Crippen molar-refractivity contribution < 1.29 is 26.4 Å². The summed E-state index contributed by atoms with van der Waals surface area (Å²) in [5.74, 6) is -0.134. The number of rotatable bonds is 4. The van der Waals surface area contributed by atoms with Crippen LogP contribution >= 0.6 is 0 Å². The lowest BCUT2D eigenvalue weighted by Crippen LogP contribution is -2.53. The maximum absolute atomic E-state index is 13.0. The van der Waals surface area contributed by atoms with Gasteiger partial charge < -0.3 is 15.1 Å². The number of nitrogens with one attached hydrogen (secondary N) is 1. The third-order valence-electron chi connectivity index (χ3n) is 6.61. The number of alkyl halides is 3. The van der Waals surface area contributed by atoms with Crippen molar-refractivity contribution >= 4 is 21.6 Å². The van der Waals surface area contributed by atoms with Gasteiger partial charge in [0.2, 0.25) is 15.9 Å². The van der Waals surface area contributed by atoms with Crippen LogP contribution in [0.1, 0.15) is 31.2 Å². The molecule has 0 aromatic heterocycles. The number of hydrogen-bond acceptors (Lipinski definition) is 5. The number of carbonyl (C=O) groups is 1. The summed E-state index contributed by atoms with van der Waals surface area (Å²) in [6.45, 7) is 2.99. The number of piperidine rings is 1. The zero-order chi connectivity index (χ0) is 22.9. The van der Waals surface area contributed by atoms with Gasteiger partial charge in [-0.25, -0.2) is 12.7 Å². The van der Waals surface area contributed by atoms with Crippen LogP contribution in [0.15, 0.2) is 24.3 Å². The van der Waals surface area contributed by atoms with E-state index in [9.17, 15) is 26.4 Å². The molecule has 1 amide bonds. The molecule has 3 fully saturated rings. The number of halogens is 3. The van der Waals surface area contributed by atoms with E-state index < -0.39 is 33.1 Å². The van der Waals surface area contributed by atoms with Crippen molar-refractivity contribution in [2.75, 3.05) is 50.7 Å². The molecule has 178 valence electrons. The molecule has 2 unspecified atom stereocenters. The van der Waals surface area contributed by atoms with Crippen LogP contribution in [0.4, 0.5) is 18.9 Å². The van der Waals surface area contributed by atoms with Gasteiger partial charge in [-0.15, -0.1) is 0 Å². The Balaban J connectivity index is 1.32. The molecule has 32 heavy (non-hydrogen) atoms. The number of hydrogen-bond donors (Lipinski definition) is 1. The molecule has 4 rings (SSSR count). The fourth-order valence-electron chi connectivity index (χ4n) is 4.73. The van der Waals surface area contributed by atoms with Crippen molar-refractivity contribution in [2.45, 2.75) is 43.2 Å². The number of carbonyl (C=O) groups excluding carboxylic acids is 1. The molecule has 11 heteroatoms. The predicted octanol–water partition coefficient (Wildman–Crippen LogP) is 1.90. The minimum absolute atomic E-state index is 0.134. The van der Waals surface area contributed by atoms with E-state index in [2.05, 4.69) is 5.32 Å². The number of amides is 1. The molecule has 2 atom stereocenters. The Morgan fingerprint density at radius 2 is 1.69 bits per heavy atom. The highest BCUT2D eigenvalue weighted by atomic mass is 32.2. The van der Waals surface area contributed by atoms with Crippen LogP contribution in [-0.4, -0.2) is 80.6 Å². The second kappa shape index (κ2) is 9.18. The molecule has 0 spiro atoms. The lowest BCUT2D eigenvalue weighted by molar-refractivity contribution is -0.137. The molecular weight excluding hydrogens is 445 g/mol. The normalized spacial score (nSPS) is 25.8. The highest BCUT2D eigenvalue weighted by molar-refractivity contribution is 7.89. The molecule has 7 nitrogen and oxygen atoms in total. The molecule has 3 saturated heterocycles. The average molecular weight is 475 g/mol. The molecule has 0 aliphatic carbocycles. The van der Waals surface area contributed by atoms with Crippen molar-refractivity contribution in [3.05, 3.63) is 29.8 Å². The number of anilines is 1. The number of benzene rings is 1. The molecule has 0 bridgehead atoms. The molecular formula is C21H29F3N4O3S. The maximum Gasteiger partial charge on any atom is 0.416 e. The number of sulfonamides is 1. The van der Waals surface area contributed by atoms with Crippen molar-refractivity contribution in [1.82, 2.24) is 14.5 Å². The highest BCUT2D eigenvalue weighted by Gasteiger charge is 2.42. The summed E-state index contributed by atoms with van der Waals surface area (Å²) >= 11 is 0. The summed E-state index contributed by atoms with van der Waals surface area (Å²) in [5, 5.41) is 2.48. The predicted molar refractivity (Wildman–Crippen MR) is 115 cm³/mol. The fourth-order valence-corrected chi connectivity index (χ4v) is 6.66. The molecule has 3 aliphatic rings. The van der Waals surface area contributed by atoms with Crippen LogP contribution in [-0.2, 0) is 21.0 Å². The van der Waals surface area contributed by atoms with E-state index >= 15 is 0 Å². The van der Waals surface area contributed by atoms with Gasteiger partial charge in [-0.05, 0) is 37.5 Å². The topological polar surface area (TPSA) is 73.0 Å². The largest absolute Gasteiger partial charge is 0.416 e. The first-order valence-corrected chi connectivity index (χ1v) is 12.6. The Hall–Kier alpha value is -1.85. The zero-order valence-electron chi connectivity index (χ0n) is 17.9. The van der Waals surface area contributed by atoms with E-state index in [-0.39, 0.29) is 18.9 Å². The van der Waals surface area contributed by atoms with Gasteiger partial charge in [-0.3, -0.25) is 4.79 Å². The van der Waals surface area contributed by atoms with E-state index in [1.54, 1.807) is 15.3 Å². The van der Waals surface area contributed by atoms with Gasteiger partial charge in [0.25, 0.3) is 0 Å². The lowest BCUT2D eigenvalue weighted by atomic mass is 10.1. The molecule has 3 aliphatic heterocycles. The van der Waals surface area contributed by atoms with Crippen LogP contribution in [0.25, 0.3) is 0 Å². The summed E-state index contributed by atoms with van der Waals surface area (Å²) in [6, 6.07) is 4.66. The summed E-state index contributed by atoms with van der Waals surface area (Å²) in [7, 11) is -3.42. The average Bonchev–Trinajstić information content (AvgIpc) is 3.30. The monoisotopic (exact) mass is 474 g/mol. The Kier molecular flexibility index (Phi) is 6.69. The van der Waals surface area contributed by atoms with Crippen LogP contribution in [0, 0.1) is 0 Å². The maximum atomic E-state index is 13.0. The van der Waals surface area contributed by atoms with Crippen LogP contribution in [0.2, 0.25) is 0 Å². The first-order valence-electron chi connectivity index (χ1n) is 11.1. The molecule has 3 heterocycles. The fraction of sp³-hybridized carbons (Fsp3) is 0.667. The SMILES string of the molecule is O=C(C1CC(S(=O)(=O)N2CCCCC2)CN1)N1CCN(c2cccc(C(F)(F)F)c2)CC1. The molecule has 0 radical (unpaired) electrons. The summed E-state index contributed by atoms with van der Waals surface area (Å²) in [5.41, 5.74) is -0.205. The van der Waals surface area contributed by atoms with Gasteiger partial charge in [0.05, 0.1) is 16.9 Å². The van der Waals surface area contributed by atoms with Crippen molar-refractivity contribution in [3.63, 3.8) is 0 Å². The zero-order valence-corrected chi connectivity index (χ0v) is 18.7. The van der Waals surface area contributed by atoms with Crippen LogP contribution in [0.3, 0.4) is 0 Å². The first-order chi connectivity index (χ1) is 15.2. The standard InChI is InChI=1S/C21H29F3N4O3S/c22-21(23,24)16-5-4-6-17(13-16)26-9-11-27(12-10-26)20(29)19-14-18(15-25-19)32(30,31)28-7-2-1-3-8-28/h4-6,13,18-19,25H,1-3,7-12,14-15H2. The van der Waals surface area contributed by atoms with E-state index in [0.717, 1.165) is 31.4 Å². The van der Waals surface area contributed by atoms with E-state index in [4.69, 9.17) is 0 Å². The molecule has 0 saturated carbocycles. The quantitative estimate of drug-likeness (QED) is 0.722. The third-order valence-corrected chi connectivity index (χ3v) is 8.90. The van der Waals surface area contributed by atoms with E-state index in [1.165, 1.54) is 6.07 Å². The van der Waals surface area contributed by atoms with Gasteiger partial charge in [-0.1, -0.05) is 12.5 Å². The Bertz CT molecular complexity index is 926. The van der Waals surface area contributed by atoms with Gasteiger partial charge in [-0.2, -0.15) is 13.2 Å². The van der Waals surface area contributed by atoms with Crippen LogP contribution < -0.4 is 10.2 Å². The van der Waals surface area contributed by atoms with Crippen LogP contribution in [0.5, 0.6) is 0 Å². The van der Waals surface area contributed by atoms with Gasteiger partial charge >= 0.3 is 6.18 Å². The summed E-state index contributed by atoms with van der Waals surface area (Å²) < 4.78 is 66.3. The van der Waals surface area contributed by atoms with Gasteiger partial charge in [0, 0.05) is 51.5 Å². The number of nitrogens with zero attached hydrogens (tertiary/aromatic N) is 3. The van der Waals surface area contributed by atoms with Gasteiger partial charge in [0.1, 0.15) is 0 Å². The minimum atomic E-state index is -4.40. The Morgan fingerprint density at radius 1 is 1.00 bits per heavy atom. The second-order valence-electron chi connectivity index (χ2n) is 8.68. The van der Waals surface area contributed by atoms with Crippen molar-refractivity contribution in [3.8, 4) is 0 Å². The lowest BCUT2D eigenvalue weighted by Gasteiger charge is -2.37. The summed E-state index contributed by atoms with van der Waals surface area (Å²) in [4.78, 5) is 16.5. The van der Waals surface area contributed by atoms with Crippen molar-refractivity contribution in [2.24, 2.45) is 0 Å². The highest BCUT2D eigenvalue weighted by Crippen LogP contribution is 2.32. The number of piperazine rings is 1. The van der Waals surface area contributed by atoms with Crippen molar-refractivity contribution in [1.29, 1.82) is 0 Å². The molecule has 1 aromatic carbocycles. The molecule has 1 N–H and O–H groups in total. The first kappa shape index (κ1) is 23.3.